The normalized spacial score (nSPS) is 13.7. The predicted molar refractivity (Wildman–Crippen MR) is 113 cm³/mol. The quantitative estimate of drug-likeness (QED) is 0.783. The van der Waals surface area contributed by atoms with Crippen LogP contribution in [0, 0.1) is 13.8 Å². The third-order valence-electron chi connectivity index (χ3n) is 5.12. The van der Waals surface area contributed by atoms with Gasteiger partial charge in [-0.1, -0.05) is 12.1 Å². The zero-order valence-corrected chi connectivity index (χ0v) is 17.2. The van der Waals surface area contributed by atoms with E-state index < -0.39 is 6.04 Å². The first-order chi connectivity index (χ1) is 13.8. The molecule has 0 aliphatic carbocycles. The van der Waals surface area contributed by atoms with E-state index in [0.29, 0.717) is 30.4 Å². The van der Waals surface area contributed by atoms with Gasteiger partial charge in [0.25, 0.3) is 0 Å². The number of nitrogens with one attached hydrogen (secondary N) is 2. The molecule has 0 fully saturated rings. The van der Waals surface area contributed by atoms with Gasteiger partial charge in [0.05, 0.1) is 12.6 Å². The van der Waals surface area contributed by atoms with E-state index in [2.05, 4.69) is 10.6 Å². The highest BCUT2D eigenvalue weighted by atomic mass is 16.6. The Balaban J connectivity index is 1.56. The maximum Gasteiger partial charge on any atom is 0.241 e. The van der Waals surface area contributed by atoms with Crippen LogP contribution in [0.4, 0.5) is 11.4 Å². The molecule has 2 amide bonds. The van der Waals surface area contributed by atoms with Crippen LogP contribution in [0.15, 0.2) is 36.4 Å². The van der Waals surface area contributed by atoms with Crippen molar-refractivity contribution in [2.24, 2.45) is 0 Å². The van der Waals surface area contributed by atoms with E-state index in [1.54, 1.807) is 37.1 Å². The molecule has 1 heterocycles. The van der Waals surface area contributed by atoms with Gasteiger partial charge in [-0.3, -0.25) is 14.5 Å². The summed E-state index contributed by atoms with van der Waals surface area (Å²) in [5.74, 6) is 0.911. The summed E-state index contributed by atoms with van der Waals surface area (Å²) in [6.07, 6.45) is 0. The van der Waals surface area contributed by atoms with Crippen molar-refractivity contribution in [3.05, 3.63) is 47.5 Å². The fourth-order valence-electron chi connectivity index (χ4n) is 3.01. The van der Waals surface area contributed by atoms with Gasteiger partial charge in [0, 0.05) is 17.4 Å². The molecule has 0 spiro atoms. The van der Waals surface area contributed by atoms with Crippen molar-refractivity contribution < 1.29 is 19.1 Å². The summed E-state index contributed by atoms with van der Waals surface area (Å²) in [7, 11) is 1.75. The van der Waals surface area contributed by atoms with E-state index in [1.165, 1.54) is 0 Å². The number of hydrogen-bond acceptors (Lipinski definition) is 5. The fourth-order valence-corrected chi connectivity index (χ4v) is 3.01. The molecule has 0 radical (unpaired) electrons. The van der Waals surface area contributed by atoms with Crippen LogP contribution in [0.1, 0.15) is 18.1 Å². The first kappa shape index (κ1) is 20.7. The average Bonchev–Trinajstić information content (AvgIpc) is 2.70. The minimum Gasteiger partial charge on any atom is -0.486 e. The SMILES string of the molecule is Cc1cccc(NC(=O)CN(C)[C@H](C)C(=O)Nc2ccc3c(c2)OCCO3)c1C. The molecule has 0 unspecified atom stereocenters. The second-order valence-corrected chi connectivity index (χ2v) is 7.23. The van der Waals surface area contributed by atoms with Gasteiger partial charge in [-0.05, 0) is 57.1 Å². The number of carbonyl (C=O) groups is 2. The number of ether oxygens (including phenoxy) is 2. The highest BCUT2D eigenvalue weighted by molar-refractivity contribution is 5.96. The van der Waals surface area contributed by atoms with Gasteiger partial charge in [0.2, 0.25) is 11.8 Å². The zero-order chi connectivity index (χ0) is 21.0. The molecule has 0 saturated carbocycles. The van der Waals surface area contributed by atoms with Crippen molar-refractivity contribution >= 4 is 23.2 Å². The minimum atomic E-state index is -0.493. The summed E-state index contributed by atoms with van der Waals surface area (Å²) in [5.41, 5.74) is 3.56. The number of rotatable bonds is 6. The molecule has 1 atom stereocenters. The highest BCUT2D eigenvalue weighted by Gasteiger charge is 2.21. The molecule has 7 nitrogen and oxygen atoms in total. The molecule has 0 saturated heterocycles. The Morgan fingerprint density at radius 3 is 2.55 bits per heavy atom. The molecule has 0 bridgehead atoms. The van der Waals surface area contributed by atoms with Crippen LogP contribution in [-0.2, 0) is 9.59 Å². The Hall–Kier alpha value is -3.06. The van der Waals surface area contributed by atoms with Gasteiger partial charge in [-0.25, -0.2) is 0 Å². The molecular formula is C22H27N3O4. The van der Waals surface area contributed by atoms with Crippen molar-refractivity contribution in [3.63, 3.8) is 0 Å². The number of hydrogen-bond donors (Lipinski definition) is 2. The van der Waals surface area contributed by atoms with E-state index in [-0.39, 0.29) is 18.4 Å². The van der Waals surface area contributed by atoms with Crippen LogP contribution in [0.25, 0.3) is 0 Å². The predicted octanol–water partition coefficient (Wildman–Crippen LogP) is 2.97. The number of anilines is 2. The number of nitrogens with zero attached hydrogens (tertiary/aromatic N) is 1. The smallest absolute Gasteiger partial charge is 0.241 e. The number of carbonyl (C=O) groups excluding carboxylic acids is 2. The van der Waals surface area contributed by atoms with Crippen LogP contribution >= 0.6 is 0 Å². The first-order valence-electron chi connectivity index (χ1n) is 9.62. The van der Waals surface area contributed by atoms with E-state index in [1.807, 2.05) is 32.0 Å². The molecule has 154 valence electrons. The lowest BCUT2D eigenvalue weighted by Crippen LogP contribution is -2.43. The van der Waals surface area contributed by atoms with Gasteiger partial charge in [-0.15, -0.1) is 0 Å². The Morgan fingerprint density at radius 2 is 1.79 bits per heavy atom. The maximum atomic E-state index is 12.6. The van der Waals surface area contributed by atoms with Gasteiger partial charge >= 0.3 is 0 Å². The number of amides is 2. The summed E-state index contributed by atoms with van der Waals surface area (Å²) in [5, 5.41) is 5.78. The molecule has 1 aliphatic rings. The minimum absolute atomic E-state index is 0.100. The Morgan fingerprint density at radius 1 is 1.07 bits per heavy atom. The molecule has 2 N–H and O–H groups in total. The summed E-state index contributed by atoms with van der Waals surface area (Å²) < 4.78 is 11.0. The summed E-state index contributed by atoms with van der Waals surface area (Å²) >= 11 is 0. The van der Waals surface area contributed by atoms with Gasteiger partial charge < -0.3 is 20.1 Å². The van der Waals surface area contributed by atoms with Crippen LogP contribution in [0.2, 0.25) is 0 Å². The van der Waals surface area contributed by atoms with E-state index in [0.717, 1.165) is 16.8 Å². The fraction of sp³-hybridized carbons (Fsp3) is 0.364. The lowest BCUT2D eigenvalue weighted by molar-refractivity contribution is -0.122. The summed E-state index contributed by atoms with van der Waals surface area (Å²) in [4.78, 5) is 26.7. The van der Waals surface area contributed by atoms with Gasteiger partial charge in [0.1, 0.15) is 13.2 Å². The number of likely N-dealkylation sites (N-methyl/N-ethyl adjacent to an activating group) is 1. The monoisotopic (exact) mass is 397 g/mol. The van der Waals surface area contributed by atoms with Crippen molar-refractivity contribution in [1.29, 1.82) is 0 Å². The standard InChI is InChI=1S/C22H27N3O4/c1-14-6-5-7-18(15(14)2)24-21(26)13-25(4)16(3)22(27)23-17-8-9-19-20(12-17)29-11-10-28-19/h5-9,12,16H,10-11,13H2,1-4H3,(H,23,27)(H,24,26)/t16-/m1/s1. The summed E-state index contributed by atoms with van der Waals surface area (Å²) in [6, 6.07) is 10.6. The van der Waals surface area contributed by atoms with E-state index >= 15 is 0 Å². The molecule has 3 rings (SSSR count). The highest BCUT2D eigenvalue weighted by Crippen LogP contribution is 2.32. The average molecular weight is 397 g/mol. The van der Waals surface area contributed by atoms with Crippen LogP contribution in [-0.4, -0.2) is 49.6 Å². The maximum absolute atomic E-state index is 12.6. The molecule has 1 aliphatic heterocycles. The topological polar surface area (TPSA) is 79.9 Å². The lowest BCUT2D eigenvalue weighted by Gasteiger charge is -2.24. The van der Waals surface area contributed by atoms with Gasteiger partial charge in [0.15, 0.2) is 11.5 Å². The second kappa shape index (κ2) is 8.96. The number of benzene rings is 2. The molecule has 2 aromatic carbocycles. The van der Waals surface area contributed by atoms with Crippen LogP contribution in [0.3, 0.4) is 0 Å². The van der Waals surface area contributed by atoms with Crippen LogP contribution < -0.4 is 20.1 Å². The van der Waals surface area contributed by atoms with Crippen molar-refractivity contribution in [1.82, 2.24) is 4.90 Å². The Kier molecular flexibility index (Phi) is 6.39. The zero-order valence-electron chi connectivity index (χ0n) is 17.2. The third-order valence-corrected chi connectivity index (χ3v) is 5.12. The molecule has 29 heavy (non-hydrogen) atoms. The Labute approximate surface area is 171 Å². The van der Waals surface area contributed by atoms with E-state index in [4.69, 9.17) is 9.47 Å². The summed E-state index contributed by atoms with van der Waals surface area (Å²) in [6.45, 7) is 6.84. The number of aryl methyl sites for hydroxylation is 1. The lowest BCUT2D eigenvalue weighted by atomic mass is 10.1. The molecule has 7 heteroatoms. The molecule has 2 aromatic rings. The van der Waals surface area contributed by atoms with Crippen LogP contribution in [0.5, 0.6) is 11.5 Å². The molecule has 0 aromatic heterocycles. The number of fused-ring (bicyclic) bond motifs is 1. The van der Waals surface area contributed by atoms with Crippen molar-refractivity contribution in [2.75, 3.05) is 37.4 Å². The first-order valence-corrected chi connectivity index (χ1v) is 9.62. The van der Waals surface area contributed by atoms with Crippen molar-refractivity contribution in [2.45, 2.75) is 26.8 Å². The third kappa shape index (κ3) is 5.06. The molecular weight excluding hydrogens is 370 g/mol. The van der Waals surface area contributed by atoms with Crippen molar-refractivity contribution in [3.8, 4) is 11.5 Å². The Bertz CT molecular complexity index is 913. The second-order valence-electron chi connectivity index (χ2n) is 7.23. The van der Waals surface area contributed by atoms with Gasteiger partial charge in [-0.2, -0.15) is 0 Å². The van der Waals surface area contributed by atoms with E-state index in [9.17, 15) is 9.59 Å². The largest absolute Gasteiger partial charge is 0.486 e.